The normalized spacial score (nSPS) is 10.7. The van der Waals surface area contributed by atoms with Crippen molar-refractivity contribution in [1.82, 2.24) is 0 Å². The van der Waals surface area contributed by atoms with Crippen LogP contribution in [0.2, 0.25) is 5.02 Å². The van der Waals surface area contributed by atoms with Crippen LogP contribution in [0.4, 0.5) is 5.69 Å². The molecule has 0 amide bonds. The smallest absolute Gasteiger partial charge is 0.337 e. The number of ether oxygens (including phenoxy) is 2. The third-order valence-corrected chi connectivity index (χ3v) is 4.47. The molecule has 6 nitrogen and oxygen atoms in total. The monoisotopic (exact) mass is 410 g/mol. The first-order valence-corrected chi connectivity index (χ1v) is 9.12. The second-order valence-electron chi connectivity index (χ2n) is 5.98. The van der Waals surface area contributed by atoms with Crippen molar-refractivity contribution in [1.29, 1.82) is 0 Å². The number of carboxylic acid groups (broad SMARTS) is 1. The molecule has 0 fully saturated rings. The Hall–Kier alpha value is -3.51. The van der Waals surface area contributed by atoms with Gasteiger partial charge in [0.2, 0.25) is 0 Å². The third-order valence-electron chi connectivity index (χ3n) is 4.11. The van der Waals surface area contributed by atoms with Gasteiger partial charge in [0.15, 0.2) is 11.5 Å². The second-order valence-corrected chi connectivity index (χ2v) is 6.39. The maximum Gasteiger partial charge on any atom is 0.337 e. The highest BCUT2D eigenvalue weighted by Gasteiger charge is 2.11. The number of methoxy groups -OCH3 is 1. The van der Waals surface area contributed by atoms with Crippen LogP contribution in [0.1, 0.15) is 21.5 Å². The zero-order chi connectivity index (χ0) is 20.6. The van der Waals surface area contributed by atoms with E-state index in [0.717, 1.165) is 5.56 Å². The van der Waals surface area contributed by atoms with Crippen molar-refractivity contribution in [3.8, 4) is 11.5 Å². The second kappa shape index (κ2) is 9.61. The molecule has 0 aliphatic rings. The third kappa shape index (κ3) is 5.06. The number of nitrogens with zero attached hydrogens (tertiary/aromatic N) is 1. The molecule has 0 aromatic heterocycles. The van der Waals surface area contributed by atoms with Crippen molar-refractivity contribution in [3.63, 3.8) is 0 Å². The van der Waals surface area contributed by atoms with E-state index in [2.05, 4.69) is 10.5 Å². The van der Waals surface area contributed by atoms with Gasteiger partial charge in [-0.25, -0.2) is 4.79 Å². The number of carbonyl (C=O) groups is 1. The van der Waals surface area contributed by atoms with Crippen LogP contribution in [0.5, 0.6) is 11.5 Å². The van der Waals surface area contributed by atoms with Gasteiger partial charge in [-0.2, -0.15) is 5.10 Å². The molecule has 3 aromatic rings. The van der Waals surface area contributed by atoms with Gasteiger partial charge in [0, 0.05) is 16.1 Å². The summed E-state index contributed by atoms with van der Waals surface area (Å²) in [6.07, 6.45) is 1.54. The van der Waals surface area contributed by atoms with E-state index < -0.39 is 5.97 Å². The van der Waals surface area contributed by atoms with Crippen LogP contribution < -0.4 is 14.9 Å². The zero-order valence-electron chi connectivity index (χ0n) is 15.6. The molecule has 2 N–H and O–H groups in total. The first-order valence-electron chi connectivity index (χ1n) is 8.74. The number of hydrogen-bond donors (Lipinski definition) is 2. The molecule has 0 spiro atoms. The quantitative estimate of drug-likeness (QED) is 0.400. The molecule has 148 valence electrons. The van der Waals surface area contributed by atoms with E-state index in [4.69, 9.17) is 21.1 Å². The summed E-state index contributed by atoms with van der Waals surface area (Å²) in [6.45, 7) is 0.260. The fraction of sp³-hybridized carbons (Fsp3) is 0.0909. The lowest BCUT2D eigenvalue weighted by atomic mass is 10.2. The van der Waals surface area contributed by atoms with Gasteiger partial charge < -0.3 is 14.6 Å². The number of para-hydroxylation sites is 2. The molecule has 0 saturated heterocycles. The average Bonchev–Trinajstić information content (AvgIpc) is 2.73. The molecule has 0 saturated carbocycles. The fourth-order valence-electron chi connectivity index (χ4n) is 2.65. The van der Waals surface area contributed by atoms with Crippen LogP contribution in [0.3, 0.4) is 0 Å². The summed E-state index contributed by atoms with van der Waals surface area (Å²) in [5.41, 5.74) is 4.79. The van der Waals surface area contributed by atoms with E-state index in [1.807, 2.05) is 30.3 Å². The Bertz CT molecular complexity index is 1040. The average molecular weight is 411 g/mol. The van der Waals surface area contributed by atoms with E-state index in [9.17, 15) is 9.90 Å². The number of benzene rings is 3. The standard InChI is InChI=1S/C22H19ClN2O4/c1-28-20-12-6-8-15(21(20)29-14-16-7-2-4-10-18(16)23)13-24-25-19-11-5-3-9-17(19)22(26)27/h2-13,25H,14H2,1H3,(H,26,27)/b24-13+. The van der Waals surface area contributed by atoms with Gasteiger partial charge in [0.05, 0.1) is 24.6 Å². The van der Waals surface area contributed by atoms with Crippen molar-refractivity contribution < 1.29 is 19.4 Å². The molecule has 0 aliphatic heterocycles. The number of carboxylic acids is 1. The van der Waals surface area contributed by atoms with Gasteiger partial charge in [0.25, 0.3) is 0 Å². The number of halogens is 1. The Kier molecular flexibility index (Phi) is 6.71. The molecule has 0 unspecified atom stereocenters. The largest absolute Gasteiger partial charge is 0.493 e. The highest BCUT2D eigenvalue weighted by Crippen LogP contribution is 2.31. The van der Waals surface area contributed by atoms with E-state index >= 15 is 0 Å². The number of hydrogen-bond acceptors (Lipinski definition) is 5. The van der Waals surface area contributed by atoms with Crippen LogP contribution in [-0.2, 0) is 6.61 Å². The highest BCUT2D eigenvalue weighted by atomic mass is 35.5. The minimum absolute atomic E-state index is 0.130. The lowest BCUT2D eigenvalue weighted by molar-refractivity contribution is 0.0698. The number of nitrogens with one attached hydrogen (secondary N) is 1. The summed E-state index contributed by atoms with van der Waals surface area (Å²) in [7, 11) is 1.56. The number of hydrazone groups is 1. The molecule has 3 rings (SSSR count). The molecule has 0 aliphatic carbocycles. The van der Waals surface area contributed by atoms with E-state index in [-0.39, 0.29) is 12.2 Å². The molecule has 3 aromatic carbocycles. The summed E-state index contributed by atoms with van der Waals surface area (Å²) in [4.78, 5) is 11.3. The van der Waals surface area contributed by atoms with Crippen LogP contribution in [-0.4, -0.2) is 24.4 Å². The predicted octanol–water partition coefficient (Wildman–Crippen LogP) is 5.07. The summed E-state index contributed by atoms with van der Waals surface area (Å²) in [5, 5.41) is 14.0. The highest BCUT2D eigenvalue weighted by molar-refractivity contribution is 6.31. The zero-order valence-corrected chi connectivity index (χ0v) is 16.4. The Balaban J connectivity index is 1.81. The lowest BCUT2D eigenvalue weighted by Gasteiger charge is -2.14. The van der Waals surface area contributed by atoms with Gasteiger partial charge in [-0.15, -0.1) is 0 Å². The van der Waals surface area contributed by atoms with Crippen LogP contribution in [0, 0.1) is 0 Å². The molecule has 7 heteroatoms. The van der Waals surface area contributed by atoms with Crippen molar-refractivity contribution in [2.24, 2.45) is 5.10 Å². The van der Waals surface area contributed by atoms with Crippen molar-refractivity contribution in [2.45, 2.75) is 6.61 Å². The Labute approximate surface area is 173 Å². The van der Waals surface area contributed by atoms with Crippen molar-refractivity contribution >= 4 is 29.5 Å². The molecule has 0 atom stereocenters. The van der Waals surface area contributed by atoms with Crippen LogP contribution >= 0.6 is 11.6 Å². The van der Waals surface area contributed by atoms with Gasteiger partial charge in [-0.3, -0.25) is 5.43 Å². The lowest BCUT2D eigenvalue weighted by Crippen LogP contribution is -2.03. The molecule has 0 heterocycles. The minimum Gasteiger partial charge on any atom is -0.493 e. The van der Waals surface area contributed by atoms with Gasteiger partial charge in [-0.05, 0) is 30.3 Å². The molecular formula is C22H19ClN2O4. The first-order chi connectivity index (χ1) is 14.1. The van der Waals surface area contributed by atoms with Crippen LogP contribution in [0.15, 0.2) is 71.8 Å². The number of aromatic carboxylic acids is 1. The maximum absolute atomic E-state index is 11.3. The van der Waals surface area contributed by atoms with Crippen LogP contribution in [0.25, 0.3) is 0 Å². The molecule has 0 bridgehead atoms. The molecule has 29 heavy (non-hydrogen) atoms. The predicted molar refractivity (Wildman–Crippen MR) is 113 cm³/mol. The Morgan fingerprint density at radius 2 is 1.86 bits per heavy atom. The van der Waals surface area contributed by atoms with E-state index in [1.165, 1.54) is 6.07 Å². The van der Waals surface area contributed by atoms with Crippen molar-refractivity contribution in [2.75, 3.05) is 12.5 Å². The maximum atomic E-state index is 11.3. The number of rotatable bonds is 8. The van der Waals surface area contributed by atoms with E-state index in [1.54, 1.807) is 43.7 Å². The SMILES string of the molecule is COc1cccc(/C=N/Nc2ccccc2C(=O)O)c1OCc1ccccc1Cl. The topological polar surface area (TPSA) is 80.2 Å². The molecule has 0 radical (unpaired) electrons. The number of anilines is 1. The van der Waals surface area contributed by atoms with Gasteiger partial charge in [0.1, 0.15) is 6.61 Å². The van der Waals surface area contributed by atoms with Crippen molar-refractivity contribution in [3.05, 3.63) is 88.4 Å². The summed E-state index contributed by atoms with van der Waals surface area (Å²) < 4.78 is 11.4. The Morgan fingerprint density at radius 1 is 1.10 bits per heavy atom. The van der Waals surface area contributed by atoms with Gasteiger partial charge in [-0.1, -0.05) is 48.0 Å². The minimum atomic E-state index is -1.03. The summed E-state index contributed by atoms with van der Waals surface area (Å²) in [6, 6.07) is 19.4. The van der Waals surface area contributed by atoms with E-state index in [0.29, 0.717) is 27.8 Å². The first kappa shape index (κ1) is 20.2. The summed E-state index contributed by atoms with van der Waals surface area (Å²) >= 11 is 6.20. The Morgan fingerprint density at radius 3 is 2.62 bits per heavy atom. The molecular weight excluding hydrogens is 392 g/mol. The summed E-state index contributed by atoms with van der Waals surface area (Å²) in [5.74, 6) is 0.0207. The fourth-order valence-corrected chi connectivity index (χ4v) is 2.84. The van der Waals surface area contributed by atoms with Gasteiger partial charge >= 0.3 is 5.97 Å².